The molecule has 0 fully saturated rings. The second kappa shape index (κ2) is 5.24. The van der Waals surface area contributed by atoms with Crippen LogP contribution in [0.25, 0.3) is 10.9 Å². The van der Waals surface area contributed by atoms with Crippen LogP contribution in [0.15, 0.2) is 64.6 Å². The van der Waals surface area contributed by atoms with Gasteiger partial charge in [0.05, 0.1) is 4.90 Å². The molecule has 1 aliphatic heterocycles. The number of aliphatic imine (C=N–C) groups is 1. The van der Waals surface area contributed by atoms with E-state index < -0.39 is 10.0 Å². The molecule has 6 heteroatoms. The van der Waals surface area contributed by atoms with Gasteiger partial charge >= 0.3 is 0 Å². The highest BCUT2D eigenvalue weighted by molar-refractivity contribution is 7.90. The van der Waals surface area contributed by atoms with Gasteiger partial charge in [-0.2, -0.15) is 0 Å². The van der Waals surface area contributed by atoms with Gasteiger partial charge in [-0.1, -0.05) is 30.3 Å². The Kier molecular flexibility index (Phi) is 3.20. The topological polar surface area (TPSA) is 74.3 Å². The van der Waals surface area contributed by atoms with Crippen LogP contribution in [0.5, 0.6) is 0 Å². The molecule has 23 heavy (non-hydrogen) atoms. The Balaban J connectivity index is 1.59. The number of hydrogen-bond acceptors (Lipinski definition) is 3. The molecule has 1 aromatic heterocycles. The number of H-pyrrole nitrogens is 1. The Bertz CT molecular complexity index is 1020. The zero-order chi connectivity index (χ0) is 15.9. The van der Waals surface area contributed by atoms with Crippen molar-refractivity contribution >= 4 is 26.8 Å². The summed E-state index contributed by atoms with van der Waals surface area (Å²) in [5.41, 5.74) is 2.92. The van der Waals surface area contributed by atoms with E-state index in [0.29, 0.717) is 22.8 Å². The number of sulfonamides is 1. The predicted molar refractivity (Wildman–Crippen MR) is 90.2 cm³/mol. The van der Waals surface area contributed by atoms with Crippen LogP contribution < -0.4 is 4.72 Å². The molecule has 0 aliphatic carbocycles. The molecule has 2 aromatic carbocycles. The Morgan fingerprint density at radius 1 is 1.00 bits per heavy atom. The Morgan fingerprint density at radius 3 is 2.70 bits per heavy atom. The average molecular weight is 325 g/mol. The molecule has 5 nitrogen and oxygen atoms in total. The largest absolute Gasteiger partial charge is 0.361 e. The summed E-state index contributed by atoms with van der Waals surface area (Å²) in [6.45, 7) is 0.522. The third-order valence-electron chi connectivity index (χ3n) is 3.99. The number of aromatic amines is 1. The maximum Gasteiger partial charge on any atom is 0.263 e. The van der Waals surface area contributed by atoms with E-state index in [-0.39, 0.29) is 0 Å². The van der Waals surface area contributed by atoms with Gasteiger partial charge < -0.3 is 4.98 Å². The van der Waals surface area contributed by atoms with E-state index in [4.69, 9.17) is 0 Å². The van der Waals surface area contributed by atoms with Gasteiger partial charge in [-0.05, 0) is 30.2 Å². The highest BCUT2D eigenvalue weighted by Gasteiger charge is 2.29. The maximum absolute atomic E-state index is 12.0. The molecule has 2 N–H and O–H groups in total. The standard InChI is InChI=1S/C17H15N3O2S/c21-23(22)16-8-4-2-6-14(16)17(20-23)18-10-9-12-11-19-15-7-3-1-5-13(12)15/h1-8,11,19H,9-10H2,(H,18,20). The number of para-hydroxylation sites is 1. The lowest BCUT2D eigenvalue weighted by molar-refractivity contribution is 0.595. The molecule has 0 amide bonds. The van der Waals surface area contributed by atoms with E-state index in [2.05, 4.69) is 20.8 Å². The fourth-order valence-electron chi connectivity index (χ4n) is 2.88. The van der Waals surface area contributed by atoms with Crippen molar-refractivity contribution in [2.75, 3.05) is 6.54 Å². The lowest BCUT2D eigenvalue weighted by atomic mass is 10.1. The van der Waals surface area contributed by atoms with Crippen molar-refractivity contribution in [3.63, 3.8) is 0 Å². The smallest absolute Gasteiger partial charge is 0.263 e. The van der Waals surface area contributed by atoms with Crippen LogP contribution in [0.2, 0.25) is 0 Å². The molecule has 0 unspecified atom stereocenters. The normalized spacial score (nSPS) is 17.3. The summed E-state index contributed by atoms with van der Waals surface area (Å²) in [7, 11) is -3.46. The highest BCUT2D eigenvalue weighted by Crippen LogP contribution is 2.22. The van der Waals surface area contributed by atoms with Gasteiger partial charge in [-0.3, -0.25) is 9.71 Å². The van der Waals surface area contributed by atoms with E-state index in [9.17, 15) is 8.42 Å². The molecule has 0 spiro atoms. The molecule has 2 heterocycles. The van der Waals surface area contributed by atoms with Crippen LogP contribution in [-0.4, -0.2) is 25.8 Å². The summed E-state index contributed by atoms with van der Waals surface area (Å²) in [6, 6.07) is 15.0. The molecule has 0 bridgehead atoms. The minimum atomic E-state index is -3.46. The first-order valence-electron chi connectivity index (χ1n) is 7.37. The first-order chi connectivity index (χ1) is 11.1. The summed E-state index contributed by atoms with van der Waals surface area (Å²) in [6.07, 6.45) is 2.73. The van der Waals surface area contributed by atoms with Gasteiger partial charge in [0.1, 0.15) is 5.84 Å². The van der Waals surface area contributed by atoms with Crippen molar-refractivity contribution in [3.8, 4) is 0 Å². The fraction of sp³-hybridized carbons (Fsp3) is 0.118. The number of aromatic nitrogens is 1. The average Bonchev–Trinajstić information content (AvgIpc) is 3.08. The van der Waals surface area contributed by atoms with Gasteiger partial charge in [0.2, 0.25) is 0 Å². The SMILES string of the molecule is O=S1(=O)NC(=NCCc2c[nH]c3ccccc23)c2ccccc21. The number of fused-ring (bicyclic) bond motifs is 2. The van der Waals surface area contributed by atoms with Gasteiger partial charge in [-0.25, -0.2) is 8.42 Å². The van der Waals surface area contributed by atoms with Crippen molar-refractivity contribution in [1.29, 1.82) is 0 Å². The fourth-order valence-corrected chi connectivity index (χ4v) is 4.13. The van der Waals surface area contributed by atoms with Gasteiger partial charge in [-0.15, -0.1) is 0 Å². The monoisotopic (exact) mass is 325 g/mol. The zero-order valence-corrected chi connectivity index (χ0v) is 13.1. The second-order valence-electron chi connectivity index (χ2n) is 5.44. The molecule has 0 atom stereocenters. The molecule has 3 aromatic rings. The summed E-state index contributed by atoms with van der Waals surface area (Å²) in [4.78, 5) is 7.99. The van der Waals surface area contributed by atoms with Crippen molar-refractivity contribution in [1.82, 2.24) is 9.71 Å². The van der Waals surface area contributed by atoms with Gasteiger partial charge in [0, 0.05) is 29.2 Å². The molecule has 0 saturated carbocycles. The zero-order valence-electron chi connectivity index (χ0n) is 12.3. The summed E-state index contributed by atoms with van der Waals surface area (Å²) < 4.78 is 26.6. The maximum atomic E-state index is 12.0. The molecule has 4 rings (SSSR count). The molecule has 0 radical (unpaired) electrons. The molecule has 0 saturated heterocycles. The molecular formula is C17H15N3O2S. The summed E-state index contributed by atoms with van der Waals surface area (Å²) in [5, 5.41) is 1.18. The number of hydrogen-bond donors (Lipinski definition) is 2. The molecule has 1 aliphatic rings. The van der Waals surface area contributed by atoms with Crippen LogP contribution in [0.3, 0.4) is 0 Å². The van der Waals surface area contributed by atoms with Crippen LogP contribution in [0, 0.1) is 0 Å². The minimum absolute atomic E-state index is 0.297. The summed E-state index contributed by atoms with van der Waals surface area (Å²) in [5.74, 6) is 0.431. The van der Waals surface area contributed by atoms with Crippen LogP contribution in [-0.2, 0) is 16.4 Å². The lowest BCUT2D eigenvalue weighted by Crippen LogP contribution is -2.22. The predicted octanol–water partition coefficient (Wildman–Crippen LogP) is 2.45. The molecule has 116 valence electrons. The van der Waals surface area contributed by atoms with E-state index in [1.165, 1.54) is 10.9 Å². The Labute approximate surface area is 134 Å². The van der Waals surface area contributed by atoms with Crippen molar-refractivity contribution in [2.45, 2.75) is 11.3 Å². The number of rotatable bonds is 3. The van der Waals surface area contributed by atoms with Crippen LogP contribution >= 0.6 is 0 Å². The van der Waals surface area contributed by atoms with E-state index >= 15 is 0 Å². The number of amidine groups is 1. The second-order valence-corrected chi connectivity index (χ2v) is 7.09. The van der Waals surface area contributed by atoms with Crippen LogP contribution in [0.1, 0.15) is 11.1 Å². The summed E-state index contributed by atoms with van der Waals surface area (Å²) >= 11 is 0. The third-order valence-corrected chi connectivity index (χ3v) is 5.39. The van der Waals surface area contributed by atoms with E-state index in [0.717, 1.165) is 11.9 Å². The third kappa shape index (κ3) is 2.41. The van der Waals surface area contributed by atoms with Gasteiger partial charge in [0.25, 0.3) is 10.0 Å². The first-order valence-corrected chi connectivity index (χ1v) is 8.85. The number of nitrogens with one attached hydrogen (secondary N) is 2. The molecular weight excluding hydrogens is 310 g/mol. The quantitative estimate of drug-likeness (QED) is 0.776. The van der Waals surface area contributed by atoms with E-state index in [1.54, 1.807) is 18.2 Å². The number of benzene rings is 2. The van der Waals surface area contributed by atoms with Gasteiger partial charge in [0.15, 0.2) is 0 Å². The Morgan fingerprint density at radius 2 is 1.78 bits per heavy atom. The van der Waals surface area contributed by atoms with E-state index in [1.807, 2.05) is 30.5 Å². The number of nitrogens with zero attached hydrogens (tertiary/aromatic N) is 1. The van der Waals surface area contributed by atoms with Crippen molar-refractivity contribution in [2.24, 2.45) is 4.99 Å². The first kappa shape index (κ1) is 14.0. The van der Waals surface area contributed by atoms with Crippen molar-refractivity contribution in [3.05, 3.63) is 65.9 Å². The minimum Gasteiger partial charge on any atom is -0.361 e. The van der Waals surface area contributed by atoms with Crippen molar-refractivity contribution < 1.29 is 8.42 Å². The van der Waals surface area contributed by atoms with Crippen LogP contribution in [0.4, 0.5) is 0 Å². The lowest BCUT2D eigenvalue weighted by Gasteiger charge is -2.00. The highest BCUT2D eigenvalue weighted by atomic mass is 32.2. The Hall–Kier alpha value is -2.60.